The van der Waals surface area contributed by atoms with Crippen molar-refractivity contribution in [2.24, 2.45) is 5.92 Å². The van der Waals surface area contributed by atoms with Crippen LogP contribution in [0.4, 0.5) is 4.39 Å². The summed E-state index contributed by atoms with van der Waals surface area (Å²) in [7, 11) is 0. The van der Waals surface area contributed by atoms with E-state index in [9.17, 15) is 9.18 Å². The smallest absolute Gasteiger partial charge is 0.256 e. The monoisotopic (exact) mass is 334 g/mol. The Kier molecular flexibility index (Phi) is 5.51. The van der Waals surface area contributed by atoms with E-state index < -0.39 is 5.82 Å². The lowest BCUT2D eigenvalue weighted by molar-refractivity contribution is -0.0728. The van der Waals surface area contributed by atoms with E-state index in [4.69, 9.17) is 4.74 Å². The van der Waals surface area contributed by atoms with Gasteiger partial charge in [-0.1, -0.05) is 12.1 Å². The molecule has 24 heavy (non-hydrogen) atoms. The van der Waals surface area contributed by atoms with E-state index in [0.717, 1.165) is 32.5 Å². The molecule has 1 aromatic rings. The van der Waals surface area contributed by atoms with Crippen LogP contribution in [0.1, 0.15) is 37.0 Å². The second-order valence-corrected chi connectivity index (χ2v) is 7.19. The van der Waals surface area contributed by atoms with Crippen LogP contribution in [0.5, 0.6) is 0 Å². The van der Waals surface area contributed by atoms with Gasteiger partial charge in [-0.15, -0.1) is 0 Å². The predicted molar refractivity (Wildman–Crippen MR) is 91.5 cm³/mol. The van der Waals surface area contributed by atoms with Crippen molar-refractivity contribution < 1.29 is 13.9 Å². The van der Waals surface area contributed by atoms with Gasteiger partial charge in [0.05, 0.1) is 17.8 Å². The molecule has 4 nitrogen and oxygen atoms in total. The summed E-state index contributed by atoms with van der Waals surface area (Å²) >= 11 is 0. The van der Waals surface area contributed by atoms with Gasteiger partial charge in [-0.25, -0.2) is 4.39 Å². The molecule has 0 N–H and O–H groups in total. The highest BCUT2D eigenvalue weighted by Gasteiger charge is 2.28. The van der Waals surface area contributed by atoms with Gasteiger partial charge in [-0.2, -0.15) is 0 Å². The third kappa shape index (κ3) is 4.14. The Morgan fingerprint density at radius 2 is 1.79 bits per heavy atom. The fraction of sp³-hybridized carbons (Fsp3) is 0.632. The number of nitrogens with zero attached hydrogens (tertiary/aromatic N) is 2. The number of rotatable bonds is 3. The number of piperidine rings is 1. The number of ether oxygens (including phenoxy) is 1. The van der Waals surface area contributed by atoms with Gasteiger partial charge in [-0.3, -0.25) is 9.69 Å². The average molecular weight is 334 g/mol. The summed E-state index contributed by atoms with van der Waals surface area (Å²) in [4.78, 5) is 16.7. The SMILES string of the molecule is C[C@@H]1CN(CC2CCN(C(=O)c3ccccc3F)CC2)C[C@H](C)O1. The quantitative estimate of drug-likeness (QED) is 0.852. The van der Waals surface area contributed by atoms with Crippen LogP contribution in [0, 0.1) is 11.7 Å². The van der Waals surface area contributed by atoms with Crippen molar-refractivity contribution >= 4 is 5.91 Å². The van der Waals surface area contributed by atoms with Gasteiger partial charge in [0.15, 0.2) is 0 Å². The Hall–Kier alpha value is -1.46. The molecule has 0 aliphatic carbocycles. The van der Waals surface area contributed by atoms with Gasteiger partial charge in [0, 0.05) is 32.7 Å². The van der Waals surface area contributed by atoms with Crippen LogP contribution >= 0.6 is 0 Å². The zero-order chi connectivity index (χ0) is 17.1. The molecular formula is C19H27FN2O2. The van der Waals surface area contributed by atoms with Crippen molar-refractivity contribution in [2.45, 2.75) is 38.9 Å². The van der Waals surface area contributed by atoms with Gasteiger partial charge >= 0.3 is 0 Å². The lowest BCUT2D eigenvalue weighted by atomic mass is 9.95. The standard InChI is InChI=1S/C19H27FN2O2/c1-14-11-21(12-15(2)24-14)13-16-7-9-22(10-8-16)19(23)17-5-3-4-6-18(17)20/h3-6,14-16H,7-13H2,1-2H3/t14-,15+. The number of carbonyl (C=O) groups excluding carboxylic acids is 1. The van der Waals surface area contributed by atoms with Crippen LogP contribution in [0.2, 0.25) is 0 Å². The first-order valence-corrected chi connectivity index (χ1v) is 8.94. The van der Waals surface area contributed by atoms with Crippen molar-refractivity contribution in [3.05, 3.63) is 35.6 Å². The summed E-state index contributed by atoms with van der Waals surface area (Å²) in [6.07, 6.45) is 2.55. The van der Waals surface area contributed by atoms with Crippen LogP contribution in [-0.4, -0.2) is 60.6 Å². The molecule has 2 atom stereocenters. The minimum Gasteiger partial charge on any atom is -0.373 e. The number of benzene rings is 1. The van der Waals surface area contributed by atoms with Gasteiger partial charge in [0.25, 0.3) is 5.91 Å². The van der Waals surface area contributed by atoms with Crippen molar-refractivity contribution in [1.82, 2.24) is 9.80 Å². The molecule has 1 amide bonds. The molecule has 2 aliphatic rings. The van der Waals surface area contributed by atoms with Crippen molar-refractivity contribution in [3.63, 3.8) is 0 Å². The van der Waals surface area contributed by atoms with Crippen LogP contribution in [0.15, 0.2) is 24.3 Å². The highest BCUT2D eigenvalue weighted by Crippen LogP contribution is 2.22. The summed E-state index contributed by atoms with van der Waals surface area (Å²) in [6, 6.07) is 6.24. The van der Waals surface area contributed by atoms with Crippen molar-refractivity contribution in [1.29, 1.82) is 0 Å². The van der Waals surface area contributed by atoms with E-state index >= 15 is 0 Å². The maximum absolute atomic E-state index is 13.8. The molecule has 2 aliphatic heterocycles. The molecule has 2 heterocycles. The highest BCUT2D eigenvalue weighted by atomic mass is 19.1. The maximum Gasteiger partial charge on any atom is 0.256 e. The molecule has 132 valence electrons. The Balaban J connectivity index is 1.51. The molecule has 3 rings (SSSR count). The van der Waals surface area contributed by atoms with Gasteiger partial charge < -0.3 is 9.64 Å². The fourth-order valence-electron chi connectivity index (χ4n) is 3.92. The molecule has 0 spiro atoms. The van der Waals surface area contributed by atoms with Gasteiger partial charge in [-0.05, 0) is 44.7 Å². The lowest BCUT2D eigenvalue weighted by Gasteiger charge is -2.39. The molecule has 0 aromatic heterocycles. The number of hydrogen-bond donors (Lipinski definition) is 0. The van der Waals surface area contributed by atoms with Crippen LogP contribution in [-0.2, 0) is 4.74 Å². The number of halogens is 1. The van der Waals surface area contributed by atoms with E-state index in [1.807, 2.05) is 0 Å². The largest absolute Gasteiger partial charge is 0.373 e. The number of likely N-dealkylation sites (tertiary alicyclic amines) is 1. The molecule has 0 radical (unpaired) electrons. The normalized spacial score (nSPS) is 26.5. The number of carbonyl (C=O) groups is 1. The topological polar surface area (TPSA) is 32.8 Å². The fourth-order valence-corrected chi connectivity index (χ4v) is 3.92. The minimum atomic E-state index is -0.430. The average Bonchev–Trinajstić information content (AvgIpc) is 2.54. The van der Waals surface area contributed by atoms with Gasteiger partial charge in [0.1, 0.15) is 5.82 Å². The summed E-state index contributed by atoms with van der Waals surface area (Å²) < 4.78 is 19.6. The van der Waals surface area contributed by atoms with E-state index in [2.05, 4.69) is 18.7 Å². The number of amides is 1. The summed E-state index contributed by atoms with van der Waals surface area (Å²) in [6.45, 7) is 8.72. The molecule has 1 aromatic carbocycles. The van der Waals surface area contributed by atoms with Crippen molar-refractivity contribution in [2.75, 3.05) is 32.7 Å². The molecule has 2 fully saturated rings. The van der Waals surface area contributed by atoms with Crippen LogP contribution in [0.3, 0.4) is 0 Å². The summed E-state index contributed by atoms with van der Waals surface area (Å²) in [5.41, 5.74) is 0.187. The Morgan fingerprint density at radius 3 is 2.42 bits per heavy atom. The highest BCUT2D eigenvalue weighted by molar-refractivity contribution is 5.94. The van der Waals surface area contributed by atoms with Crippen molar-refractivity contribution in [3.8, 4) is 0 Å². The zero-order valence-corrected chi connectivity index (χ0v) is 14.6. The number of hydrogen-bond acceptors (Lipinski definition) is 3. The third-order valence-corrected chi connectivity index (χ3v) is 5.02. The minimum absolute atomic E-state index is 0.180. The Bertz CT molecular complexity index is 562. The summed E-state index contributed by atoms with van der Waals surface area (Å²) in [5.74, 6) is -0.00625. The molecule has 0 bridgehead atoms. The lowest BCUT2D eigenvalue weighted by Crippen LogP contribution is -2.48. The van der Waals surface area contributed by atoms with E-state index in [-0.39, 0.29) is 23.7 Å². The van der Waals surface area contributed by atoms with E-state index in [0.29, 0.717) is 19.0 Å². The second kappa shape index (κ2) is 7.62. The summed E-state index contributed by atoms with van der Waals surface area (Å²) in [5, 5.41) is 0. The first-order valence-electron chi connectivity index (χ1n) is 8.94. The van der Waals surface area contributed by atoms with E-state index in [1.54, 1.807) is 23.1 Å². The van der Waals surface area contributed by atoms with Crippen LogP contribution in [0.25, 0.3) is 0 Å². The predicted octanol–water partition coefficient (Wildman–Crippen LogP) is 2.79. The maximum atomic E-state index is 13.8. The number of morpholine rings is 1. The first kappa shape index (κ1) is 17.4. The first-order chi connectivity index (χ1) is 11.5. The van der Waals surface area contributed by atoms with Crippen LogP contribution < -0.4 is 0 Å². The molecule has 0 saturated carbocycles. The Labute approximate surface area is 143 Å². The van der Waals surface area contributed by atoms with E-state index in [1.165, 1.54) is 6.07 Å². The molecule has 2 saturated heterocycles. The third-order valence-electron chi connectivity index (χ3n) is 5.02. The molecular weight excluding hydrogens is 307 g/mol. The zero-order valence-electron chi connectivity index (χ0n) is 14.6. The second-order valence-electron chi connectivity index (χ2n) is 7.19. The molecule has 5 heteroatoms. The van der Waals surface area contributed by atoms with Gasteiger partial charge in [0.2, 0.25) is 0 Å². The molecule has 0 unspecified atom stereocenters. The Morgan fingerprint density at radius 1 is 1.17 bits per heavy atom.